The molecule has 0 aromatic carbocycles. The van der Waals surface area contributed by atoms with Crippen LogP contribution in [0.25, 0.3) is 0 Å². The number of hydrogen-bond donors (Lipinski definition) is 0. The Morgan fingerprint density at radius 3 is 1.45 bits per heavy atom. The van der Waals surface area contributed by atoms with Crippen LogP contribution in [0.2, 0.25) is 0 Å². The average molecular weight is 858 g/mol. The molecule has 60 heavy (non-hydrogen) atoms. The second-order valence-electron chi connectivity index (χ2n) is 16.4. The van der Waals surface area contributed by atoms with E-state index in [-0.39, 0.29) is 32.2 Å². The number of nitrogens with zero attached hydrogens (tertiary/aromatic N) is 1. The lowest BCUT2D eigenvalue weighted by molar-refractivity contribution is -0.870. The number of carbonyl (C=O) groups is 1. The Balaban J connectivity index is 4.35. The number of allylic oxidation sites excluding steroid dienone is 16. The van der Waals surface area contributed by atoms with Crippen LogP contribution >= 0.6 is 7.82 Å². The molecule has 0 aromatic rings. The van der Waals surface area contributed by atoms with Gasteiger partial charge >= 0.3 is 5.97 Å². The SMILES string of the molecule is CC/C=C\C/C=C\C/C=C\C/C=C\C/C=C\C/C=C\CCCOCC(COP(=O)([O-])OCC[N+](C)(C)C)OC(=O)CCCCCCCCC/C=C\C/C=C\CCCCCC. The summed E-state index contributed by atoms with van der Waals surface area (Å²) in [5, 5.41) is 0. The molecule has 2 atom stereocenters. The van der Waals surface area contributed by atoms with Gasteiger partial charge in [-0.3, -0.25) is 9.36 Å². The molecule has 0 N–H and O–H groups in total. The van der Waals surface area contributed by atoms with Crippen molar-refractivity contribution in [2.75, 3.05) is 54.1 Å². The number of carbonyl (C=O) groups excluding carboxylic acids is 1. The molecule has 0 saturated heterocycles. The fourth-order valence-electron chi connectivity index (χ4n) is 5.77. The highest BCUT2D eigenvalue weighted by Gasteiger charge is 2.20. The summed E-state index contributed by atoms with van der Waals surface area (Å²) in [6.07, 6.45) is 58.6. The second-order valence-corrected chi connectivity index (χ2v) is 17.8. The Hall–Kier alpha value is -2.58. The monoisotopic (exact) mass is 858 g/mol. The molecule has 0 radical (unpaired) electrons. The number of phosphoric ester groups is 1. The smallest absolute Gasteiger partial charge is 0.306 e. The molecule has 0 bridgehead atoms. The maximum Gasteiger partial charge on any atom is 0.306 e. The van der Waals surface area contributed by atoms with Crippen LogP contribution in [0.15, 0.2) is 97.2 Å². The van der Waals surface area contributed by atoms with E-state index in [9.17, 15) is 14.3 Å². The van der Waals surface area contributed by atoms with Gasteiger partial charge < -0.3 is 27.9 Å². The summed E-state index contributed by atoms with van der Waals surface area (Å²) in [6, 6.07) is 0. The first-order valence-corrected chi connectivity index (χ1v) is 24.9. The van der Waals surface area contributed by atoms with Gasteiger partial charge in [0, 0.05) is 13.0 Å². The first-order valence-electron chi connectivity index (χ1n) is 23.5. The first kappa shape index (κ1) is 57.4. The molecule has 0 rings (SSSR count). The third kappa shape index (κ3) is 46.5. The van der Waals surface area contributed by atoms with Crippen molar-refractivity contribution in [3.8, 4) is 0 Å². The number of hydrogen-bond acceptors (Lipinski definition) is 7. The number of rotatable bonds is 42. The van der Waals surface area contributed by atoms with Crippen LogP contribution in [0.4, 0.5) is 0 Å². The molecule has 344 valence electrons. The molecule has 0 heterocycles. The van der Waals surface area contributed by atoms with E-state index in [1.807, 2.05) is 21.1 Å². The van der Waals surface area contributed by atoms with E-state index in [2.05, 4.69) is 111 Å². The van der Waals surface area contributed by atoms with Gasteiger partial charge in [0.05, 0.1) is 34.4 Å². The molecule has 2 unspecified atom stereocenters. The molecule has 0 fully saturated rings. The zero-order chi connectivity index (χ0) is 44.1. The van der Waals surface area contributed by atoms with E-state index < -0.39 is 13.9 Å². The van der Waals surface area contributed by atoms with Gasteiger partial charge in [-0.05, 0) is 89.9 Å². The number of quaternary nitrogens is 1. The van der Waals surface area contributed by atoms with Crippen molar-refractivity contribution in [1.82, 2.24) is 0 Å². The molecule has 0 aliphatic rings. The van der Waals surface area contributed by atoms with Crippen molar-refractivity contribution in [2.45, 2.75) is 168 Å². The highest BCUT2D eigenvalue weighted by Crippen LogP contribution is 2.38. The van der Waals surface area contributed by atoms with Crippen LogP contribution in [-0.4, -0.2) is 70.7 Å². The zero-order valence-corrected chi connectivity index (χ0v) is 39.8. The lowest BCUT2D eigenvalue weighted by Gasteiger charge is -2.28. The Morgan fingerprint density at radius 2 is 0.967 bits per heavy atom. The quantitative estimate of drug-likeness (QED) is 0.0198. The highest BCUT2D eigenvalue weighted by molar-refractivity contribution is 7.45. The standard InChI is InChI=1S/C51H88NO7P/c1-6-8-10-12-14-16-18-20-22-24-26-27-29-31-33-35-37-39-41-43-46-56-48-50(49-58-60(54,55)57-47-45-52(3,4)5)59-51(53)44-42-40-38-36-34-32-30-28-25-23-21-19-17-15-13-11-9-7-2/h8,10,14,16-17,19-20,22-23,25-27,31,33,37,39,50H,6-7,9,11-13,15,18,21,24,28-30,32,34-36,38,40-49H2,1-5H3/b10-8-,16-14-,19-17-,22-20-,25-23-,27-26-,33-31-,39-37-. The van der Waals surface area contributed by atoms with E-state index in [0.717, 1.165) is 89.9 Å². The van der Waals surface area contributed by atoms with Gasteiger partial charge in [0.2, 0.25) is 0 Å². The van der Waals surface area contributed by atoms with Gasteiger partial charge in [-0.15, -0.1) is 0 Å². The largest absolute Gasteiger partial charge is 0.756 e. The molecular weight excluding hydrogens is 770 g/mol. The summed E-state index contributed by atoms with van der Waals surface area (Å²) in [5.41, 5.74) is 0. The molecule has 0 amide bonds. The minimum Gasteiger partial charge on any atom is -0.756 e. The fraction of sp³-hybridized carbons (Fsp3) is 0.667. The lowest BCUT2D eigenvalue weighted by Crippen LogP contribution is -2.37. The summed E-state index contributed by atoms with van der Waals surface area (Å²) < 4.78 is 34.6. The van der Waals surface area contributed by atoms with Crippen molar-refractivity contribution >= 4 is 13.8 Å². The molecule has 0 aliphatic carbocycles. The maximum absolute atomic E-state index is 12.7. The normalized spacial score (nSPS) is 14.6. The Kier molecular flexibility index (Phi) is 41.2. The van der Waals surface area contributed by atoms with Crippen molar-refractivity contribution in [2.24, 2.45) is 0 Å². The van der Waals surface area contributed by atoms with Gasteiger partial charge in [0.15, 0.2) is 0 Å². The topological polar surface area (TPSA) is 94.1 Å². The highest BCUT2D eigenvalue weighted by atomic mass is 31.2. The molecule has 0 aliphatic heterocycles. The molecule has 0 spiro atoms. The Bertz CT molecular complexity index is 1270. The average Bonchev–Trinajstić information content (AvgIpc) is 3.20. The number of esters is 1. The second kappa shape index (κ2) is 43.1. The summed E-state index contributed by atoms with van der Waals surface area (Å²) in [7, 11) is 1.30. The summed E-state index contributed by atoms with van der Waals surface area (Å²) in [6.45, 7) is 5.09. The van der Waals surface area contributed by atoms with Gasteiger partial charge in [-0.25, -0.2) is 0 Å². The molecule has 8 nitrogen and oxygen atoms in total. The molecule has 0 aromatic heterocycles. The van der Waals surface area contributed by atoms with Crippen molar-refractivity contribution in [1.29, 1.82) is 0 Å². The van der Waals surface area contributed by atoms with Gasteiger partial charge in [0.1, 0.15) is 19.3 Å². The molecular formula is C51H88NO7P. The number of likely N-dealkylation sites (N-methyl/N-ethyl adjacent to an activating group) is 1. The number of ether oxygens (including phenoxy) is 2. The third-order valence-corrected chi connectivity index (χ3v) is 10.3. The van der Waals surface area contributed by atoms with E-state index >= 15 is 0 Å². The predicted octanol–water partition coefficient (Wildman–Crippen LogP) is 13.6. The van der Waals surface area contributed by atoms with E-state index in [4.69, 9.17) is 18.5 Å². The van der Waals surface area contributed by atoms with Crippen LogP contribution in [-0.2, 0) is 27.9 Å². The maximum atomic E-state index is 12.7. The van der Waals surface area contributed by atoms with Crippen LogP contribution in [0, 0.1) is 0 Å². The number of phosphoric acid groups is 1. The summed E-state index contributed by atoms with van der Waals surface area (Å²) in [4.78, 5) is 25.1. The Labute approximate surface area is 368 Å². The fourth-order valence-corrected chi connectivity index (χ4v) is 6.50. The third-order valence-electron chi connectivity index (χ3n) is 9.37. The van der Waals surface area contributed by atoms with Crippen LogP contribution in [0.1, 0.15) is 162 Å². The van der Waals surface area contributed by atoms with Gasteiger partial charge in [-0.1, -0.05) is 162 Å². The summed E-state index contributed by atoms with van der Waals surface area (Å²) >= 11 is 0. The molecule has 0 saturated carbocycles. The zero-order valence-electron chi connectivity index (χ0n) is 38.9. The predicted molar refractivity (Wildman–Crippen MR) is 254 cm³/mol. The van der Waals surface area contributed by atoms with E-state index in [0.29, 0.717) is 17.6 Å². The lowest BCUT2D eigenvalue weighted by atomic mass is 10.1. The van der Waals surface area contributed by atoms with Crippen LogP contribution < -0.4 is 4.89 Å². The minimum absolute atomic E-state index is 0.00799. The van der Waals surface area contributed by atoms with Gasteiger partial charge in [-0.2, -0.15) is 0 Å². The van der Waals surface area contributed by atoms with E-state index in [1.54, 1.807) is 0 Å². The van der Waals surface area contributed by atoms with Crippen molar-refractivity contribution < 1.29 is 37.3 Å². The van der Waals surface area contributed by atoms with Gasteiger partial charge in [0.25, 0.3) is 7.82 Å². The van der Waals surface area contributed by atoms with Crippen LogP contribution in [0.5, 0.6) is 0 Å². The van der Waals surface area contributed by atoms with Crippen molar-refractivity contribution in [3.63, 3.8) is 0 Å². The minimum atomic E-state index is -4.55. The summed E-state index contributed by atoms with van der Waals surface area (Å²) in [5.74, 6) is -0.366. The van der Waals surface area contributed by atoms with E-state index in [1.165, 1.54) is 51.4 Å². The first-order chi connectivity index (χ1) is 29.1. The molecule has 9 heteroatoms. The van der Waals surface area contributed by atoms with Crippen molar-refractivity contribution in [3.05, 3.63) is 97.2 Å². The Morgan fingerprint density at radius 1 is 0.533 bits per heavy atom. The van der Waals surface area contributed by atoms with Crippen LogP contribution in [0.3, 0.4) is 0 Å². The number of unbranched alkanes of at least 4 members (excludes halogenated alkanes) is 12.